The monoisotopic (exact) mass is 470 g/mol. The first-order chi connectivity index (χ1) is 14.4. The Morgan fingerprint density at radius 2 is 1.15 bits per heavy atom. The van der Waals surface area contributed by atoms with Crippen LogP contribution in [0.4, 0.5) is 0 Å². The van der Waals surface area contributed by atoms with E-state index in [0.717, 1.165) is 19.3 Å². The minimum atomic E-state index is -0.742. The van der Waals surface area contributed by atoms with E-state index >= 15 is 0 Å². The molecule has 196 valence electrons. The van der Waals surface area contributed by atoms with Crippen molar-refractivity contribution in [3.8, 4) is 0 Å². The number of carbonyl (C=O) groups is 2. The third-order valence-corrected chi connectivity index (χ3v) is 6.07. The fourth-order valence-electron chi connectivity index (χ4n) is 4.73. The number of esters is 2. The lowest BCUT2D eigenvalue weighted by Gasteiger charge is -2.41. The molecule has 0 radical (unpaired) electrons. The van der Waals surface area contributed by atoms with Crippen molar-refractivity contribution in [1.29, 1.82) is 0 Å². The van der Waals surface area contributed by atoms with Crippen LogP contribution < -0.4 is 0 Å². The van der Waals surface area contributed by atoms with E-state index < -0.39 is 22.6 Å². The Hall–Kier alpha value is -1.10. The van der Waals surface area contributed by atoms with E-state index in [9.17, 15) is 9.59 Å². The second-order valence-corrected chi connectivity index (χ2v) is 14.7. The van der Waals surface area contributed by atoms with Gasteiger partial charge in [0.25, 0.3) is 0 Å². The molecule has 0 aromatic carbocycles. The van der Waals surface area contributed by atoms with Gasteiger partial charge in [-0.1, -0.05) is 62.3 Å². The molecule has 0 aromatic rings. The lowest BCUT2D eigenvalue weighted by Crippen LogP contribution is -2.46. The Kier molecular flexibility index (Phi) is 10.7. The maximum atomic E-state index is 12.7. The molecule has 5 heteroatoms. The van der Waals surface area contributed by atoms with Gasteiger partial charge in [0.1, 0.15) is 17.8 Å². The van der Waals surface area contributed by atoms with Crippen LogP contribution in [0.3, 0.4) is 0 Å². The Morgan fingerprint density at radius 1 is 0.636 bits per heavy atom. The van der Waals surface area contributed by atoms with Crippen molar-refractivity contribution in [1.82, 2.24) is 0 Å². The van der Waals surface area contributed by atoms with Crippen molar-refractivity contribution in [3.05, 3.63) is 0 Å². The summed E-state index contributed by atoms with van der Waals surface area (Å²) >= 11 is 0. The lowest BCUT2D eigenvalue weighted by atomic mass is 9.67. The normalized spacial score (nSPS) is 14.2. The average molecular weight is 471 g/mol. The first kappa shape index (κ1) is 31.9. The maximum absolute atomic E-state index is 12.7. The van der Waals surface area contributed by atoms with E-state index in [2.05, 4.69) is 48.5 Å². The summed E-state index contributed by atoms with van der Waals surface area (Å²) in [6.45, 7) is 29.3. The Morgan fingerprint density at radius 3 is 1.61 bits per heavy atom. The largest absolute Gasteiger partial charge is 0.459 e. The Balaban J connectivity index is 4.78. The first-order valence-electron chi connectivity index (χ1n) is 12.4. The predicted octanol–water partition coefficient (Wildman–Crippen LogP) is 7.35. The van der Waals surface area contributed by atoms with E-state index in [1.807, 2.05) is 48.5 Å². The van der Waals surface area contributed by atoms with Gasteiger partial charge in [-0.15, -0.1) is 0 Å². The van der Waals surface area contributed by atoms with Crippen LogP contribution in [-0.4, -0.2) is 36.4 Å². The fraction of sp³-hybridized carbons (Fsp3) is 0.929. The molecule has 0 saturated carbocycles. The minimum absolute atomic E-state index is 0.0456. The van der Waals surface area contributed by atoms with Crippen LogP contribution in [0.25, 0.3) is 0 Å². The van der Waals surface area contributed by atoms with Crippen LogP contribution in [0, 0.1) is 21.7 Å². The highest BCUT2D eigenvalue weighted by molar-refractivity contribution is 5.71. The second-order valence-electron chi connectivity index (χ2n) is 14.7. The second kappa shape index (κ2) is 11.1. The fourth-order valence-corrected chi connectivity index (χ4v) is 4.73. The van der Waals surface area contributed by atoms with Crippen LogP contribution in [0.15, 0.2) is 0 Å². The molecule has 0 spiro atoms. The van der Waals surface area contributed by atoms with Gasteiger partial charge in [0.15, 0.2) is 0 Å². The van der Waals surface area contributed by atoms with Crippen molar-refractivity contribution in [2.75, 3.05) is 13.2 Å². The zero-order valence-corrected chi connectivity index (χ0v) is 24.3. The Bertz CT molecular complexity index is 642. The quantitative estimate of drug-likeness (QED) is 0.279. The number of hydrogen-bond donors (Lipinski definition) is 0. The molecule has 0 aromatic heterocycles. The van der Waals surface area contributed by atoms with Gasteiger partial charge in [0.2, 0.25) is 0 Å². The van der Waals surface area contributed by atoms with Crippen LogP contribution in [-0.2, 0) is 23.8 Å². The summed E-state index contributed by atoms with van der Waals surface area (Å²) in [5.41, 5.74) is -1.23. The lowest BCUT2D eigenvalue weighted by molar-refractivity contribution is -0.178. The molecule has 0 amide bonds. The van der Waals surface area contributed by atoms with Gasteiger partial charge in [0.05, 0.1) is 6.61 Å². The molecule has 0 rings (SSSR count). The summed E-state index contributed by atoms with van der Waals surface area (Å²) < 4.78 is 16.8. The zero-order chi connectivity index (χ0) is 26.5. The van der Waals surface area contributed by atoms with E-state index in [4.69, 9.17) is 14.2 Å². The van der Waals surface area contributed by atoms with Crippen molar-refractivity contribution < 1.29 is 23.8 Å². The van der Waals surface area contributed by atoms with Crippen molar-refractivity contribution in [2.45, 2.75) is 134 Å². The van der Waals surface area contributed by atoms with Crippen LogP contribution in [0.5, 0.6) is 0 Å². The summed E-state index contributed by atoms with van der Waals surface area (Å²) in [4.78, 5) is 24.6. The molecular weight excluding hydrogens is 416 g/mol. The molecule has 0 fully saturated rings. The Labute approximate surface area is 204 Å². The number of rotatable bonds is 12. The van der Waals surface area contributed by atoms with Gasteiger partial charge in [0, 0.05) is 11.8 Å². The third-order valence-electron chi connectivity index (χ3n) is 6.07. The van der Waals surface area contributed by atoms with Gasteiger partial charge in [-0.2, -0.15) is 0 Å². The molecular formula is C28H54O5. The first-order valence-corrected chi connectivity index (χ1v) is 12.4. The molecule has 0 heterocycles. The standard InChI is InChI=1S/C28H54O5/c1-23(2,3)18-26(9,10)19-25(7,8)16-15-21(29)33-28(13,14)27(11,12)20-31-17-22(30)32-24(4,5)6/h15-20H2,1-14H3. The smallest absolute Gasteiger partial charge is 0.332 e. The predicted molar refractivity (Wildman–Crippen MR) is 136 cm³/mol. The highest BCUT2D eigenvalue weighted by atomic mass is 16.6. The van der Waals surface area contributed by atoms with E-state index in [1.165, 1.54) is 0 Å². The summed E-state index contributed by atoms with van der Waals surface area (Å²) in [6.07, 6.45) is 3.36. The maximum Gasteiger partial charge on any atom is 0.332 e. The number of ether oxygens (including phenoxy) is 3. The summed E-state index contributed by atoms with van der Waals surface area (Å²) in [5, 5.41) is 0. The van der Waals surface area contributed by atoms with Crippen molar-refractivity contribution in [2.24, 2.45) is 21.7 Å². The summed E-state index contributed by atoms with van der Waals surface area (Å²) in [5.74, 6) is -0.591. The van der Waals surface area contributed by atoms with E-state index in [-0.39, 0.29) is 35.4 Å². The molecule has 0 aliphatic rings. The van der Waals surface area contributed by atoms with Crippen LogP contribution in [0.1, 0.15) is 123 Å². The van der Waals surface area contributed by atoms with Gasteiger partial charge >= 0.3 is 11.9 Å². The molecule has 0 bridgehead atoms. The van der Waals surface area contributed by atoms with Crippen molar-refractivity contribution in [3.63, 3.8) is 0 Å². The molecule has 0 aliphatic carbocycles. The van der Waals surface area contributed by atoms with E-state index in [1.54, 1.807) is 0 Å². The van der Waals surface area contributed by atoms with E-state index in [0.29, 0.717) is 6.42 Å². The highest BCUT2D eigenvalue weighted by Gasteiger charge is 2.41. The molecule has 0 aliphatic heterocycles. The van der Waals surface area contributed by atoms with Crippen molar-refractivity contribution >= 4 is 11.9 Å². The highest BCUT2D eigenvalue weighted by Crippen LogP contribution is 2.43. The molecule has 5 nitrogen and oxygen atoms in total. The number of hydrogen-bond acceptors (Lipinski definition) is 5. The summed E-state index contributed by atoms with van der Waals surface area (Å²) in [7, 11) is 0. The molecule has 0 unspecified atom stereocenters. The molecule has 0 N–H and O–H groups in total. The van der Waals surface area contributed by atoms with Crippen LogP contribution >= 0.6 is 0 Å². The molecule has 0 atom stereocenters. The average Bonchev–Trinajstić information content (AvgIpc) is 2.46. The van der Waals surface area contributed by atoms with Gasteiger partial charge in [-0.25, -0.2) is 4.79 Å². The third kappa shape index (κ3) is 14.0. The number of carbonyl (C=O) groups excluding carboxylic acids is 2. The topological polar surface area (TPSA) is 61.8 Å². The summed E-state index contributed by atoms with van der Waals surface area (Å²) in [6, 6.07) is 0. The molecule has 0 saturated heterocycles. The SMILES string of the molecule is CC(C)(C)CC(C)(C)CC(C)(C)CCC(=O)OC(C)(C)C(C)(C)COCC(=O)OC(C)(C)C. The van der Waals surface area contributed by atoms with Gasteiger partial charge in [-0.3, -0.25) is 4.79 Å². The van der Waals surface area contributed by atoms with Crippen LogP contribution in [0.2, 0.25) is 0 Å². The van der Waals surface area contributed by atoms with Gasteiger partial charge < -0.3 is 14.2 Å². The molecule has 33 heavy (non-hydrogen) atoms. The minimum Gasteiger partial charge on any atom is -0.459 e. The van der Waals surface area contributed by atoms with Gasteiger partial charge in [-0.05, 0) is 70.1 Å². The zero-order valence-electron chi connectivity index (χ0n) is 24.3.